The van der Waals surface area contributed by atoms with E-state index >= 15 is 0 Å². The van der Waals surface area contributed by atoms with E-state index in [0.29, 0.717) is 10.0 Å². The first-order valence-corrected chi connectivity index (χ1v) is 7.20. The van der Waals surface area contributed by atoms with Gasteiger partial charge >= 0.3 is 5.69 Å². The SMILES string of the molecule is Nc1ncnc(NN=Cc2cc(Br)cc(Br)c2O)c1[N+](=O)[O-]. The molecule has 0 atom stereocenters. The molecule has 11 heteroatoms. The Morgan fingerprint density at radius 3 is 2.82 bits per heavy atom. The fraction of sp³-hybridized carbons (Fsp3) is 0. The molecule has 0 bridgehead atoms. The minimum atomic E-state index is -0.708. The molecule has 0 aliphatic carbocycles. The van der Waals surface area contributed by atoms with Gasteiger partial charge in [-0.05, 0) is 28.1 Å². The van der Waals surface area contributed by atoms with Crippen LogP contribution in [0, 0.1) is 10.1 Å². The van der Waals surface area contributed by atoms with Gasteiger partial charge in [0.25, 0.3) is 0 Å². The third-order valence-corrected chi connectivity index (χ3v) is 3.53. The van der Waals surface area contributed by atoms with Gasteiger partial charge in [0.05, 0.1) is 15.6 Å². The molecule has 1 aromatic carbocycles. The smallest absolute Gasteiger partial charge is 0.354 e. The van der Waals surface area contributed by atoms with Gasteiger partial charge in [-0.25, -0.2) is 9.97 Å². The number of aromatic nitrogens is 2. The number of nitrogen functional groups attached to an aromatic ring is 1. The molecule has 0 aliphatic rings. The Morgan fingerprint density at radius 1 is 1.41 bits per heavy atom. The Labute approximate surface area is 140 Å². The van der Waals surface area contributed by atoms with Gasteiger partial charge < -0.3 is 10.8 Å². The lowest BCUT2D eigenvalue weighted by Crippen LogP contribution is -2.04. The van der Waals surface area contributed by atoms with Gasteiger partial charge in [-0.15, -0.1) is 0 Å². The largest absolute Gasteiger partial charge is 0.506 e. The van der Waals surface area contributed by atoms with Crippen LogP contribution in [-0.2, 0) is 0 Å². The highest BCUT2D eigenvalue weighted by molar-refractivity contribution is 9.11. The van der Waals surface area contributed by atoms with E-state index in [4.69, 9.17) is 5.73 Å². The van der Waals surface area contributed by atoms with E-state index in [9.17, 15) is 15.2 Å². The van der Waals surface area contributed by atoms with Crippen molar-refractivity contribution >= 4 is 55.4 Å². The van der Waals surface area contributed by atoms with Crippen molar-refractivity contribution in [2.75, 3.05) is 11.2 Å². The van der Waals surface area contributed by atoms with Crippen LogP contribution in [0.5, 0.6) is 5.75 Å². The number of hydrogen-bond acceptors (Lipinski definition) is 8. The summed E-state index contributed by atoms with van der Waals surface area (Å²) in [5, 5.41) is 24.6. The minimum Gasteiger partial charge on any atom is -0.506 e. The van der Waals surface area contributed by atoms with Crippen molar-refractivity contribution in [1.82, 2.24) is 9.97 Å². The number of nitrogens with one attached hydrogen (secondary N) is 1. The number of nitrogens with two attached hydrogens (primary N) is 1. The summed E-state index contributed by atoms with van der Waals surface area (Å²) in [7, 11) is 0. The molecule has 4 N–H and O–H groups in total. The second-order valence-corrected chi connectivity index (χ2v) is 5.68. The molecule has 2 rings (SSSR count). The number of aromatic hydroxyl groups is 1. The van der Waals surface area contributed by atoms with E-state index in [1.54, 1.807) is 12.1 Å². The summed E-state index contributed by atoms with van der Waals surface area (Å²) in [5.41, 5.74) is 7.75. The van der Waals surface area contributed by atoms with E-state index in [1.807, 2.05) is 0 Å². The maximum Gasteiger partial charge on any atom is 0.354 e. The number of rotatable bonds is 4. The van der Waals surface area contributed by atoms with Gasteiger partial charge in [0, 0.05) is 10.0 Å². The number of phenols is 1. The molecule has 0 unspecified atom stereocenters. The Hall–Kier alpha value is -2.27. The van der Waals surface area contributed by atoms with Gasteiger partial charge in [0.1, 0.15) is 12.1 Å². The monoisotopic (exact) mass is 430 g/mol. The Kier molecular flexibility index (Phi) is 4.88. The number of halogens is 2. The third-order valence-electron chi connectivity index (χ3n) is 2.46. The molecule has 0 radical (unpaired) electrons. The van der Waals surface area contributed by atoms with Crippen LogP contribution in [0.25, 0.3) is 0 Å². The maximum atomic E-state index is 10.9. The zero-order valence-corrected chi connectivity index (χ0v) is 13.9. The molecule has 22 heavy (non-hydrogen) atoms. The lowest BCUT2D eigenvalue weighted by Gasteiger charge is -2.04. The summed E-state index contributed by atoms with van der Waals surface area (Å²) < 4.78 is 1.19. The normalized spacial score (nSPS) is 10.8. The average Bonchev–Trinajstić information content (AvgIpc) is 2.43. The van der Waals surface area contributed by atoms with Crippen molar-refractivity contribution in [3.05, 3.63) is 43.1 Å². The number of benzene rings is 1. The quantitative estimate of drug-likeness (QED) is 0.384. The number of hydrazone groups is 1. The van der Waals surface area contributed by atoms with Crippen molar-refractivity contribution in [2.45, 2.75) is 0 Å². The first kappa shape index (κ1) is 16.1. The van der Waals surface area contributed by atoms with E-state index in [-0.39, 0.29) is 17.4 Å². The van der Waals surface area contributed by atoms with Crippen molar-refractivity contribution in [3.8, 4) is 5.75 Å². The predicted octanol–water partition coefficient (Wildman–Crippen LogP) is 2.64. The number of phenolic OH excluding ortho intramolecular Hbond substituents is 1. The summed E-state index contributed by atoms with van der Waals surface area (Å²) >= 11 is 6.46. The molecule has 0 spiro atoms. The van der Waals surface area contributed by atoms with Crippen LogP contribution >= 0.6 is 31.9 Å². The molecule has 0 saturated carbocycles. The molecule has 2 aromatic rings. The summed E-state index contributed by atoms with van der Waals surface area (Å²) in [6.07, 6.45) is 2.36. The summed E-state index contributed by atoms with van der Waals surface area (Å²) in [6, 6.07) is 3.28. The number of nitrogens with zero attached hydrogens (tertiary/aromatic N) is 4. The highest BCUT2D eigenvalue weighted by Crippen LogP contribution is 2.31. The average molecular weight is 432 g/mol. The number of hydrogen-bond donors (Lipinski definition) is 3. The van der Waals surface area contributed by atoms with Gasteiger partial charge in [0.2, 0.25) is 11.6 Å². The minimum absolute atomic E-state index is 0.0227. The van der Waals surface area contributed by atoms with E-state index in [2.05, 4.69) is 52.4 Å². The van der Waals surface area contributed by atoms with Crippen LogP contribution in [0.3, 0.4) is 0 Å². The molecular weight excluding hydrogens is 424 g/mol. The standard InChI is InChI=1S/C11H8Br2N6O3/c12-6-1-5(9(20)7(13)2-6)3-17-18-11-8(19(21)22)10(14)15-4-16-11/h1-4,20H,(H3,14,15,16,18). The summed E-state index contributed by atoms with van der Waals surface area (Å²) in [6.45, 7) is 0. The van der Waals surface area contributed by atoms with Crippen LogP contribution < -0.4 is 11.2 Å². The van der Waals surface area contributed by atoms with Gasteiger partial charge in [-0.3, -0.25) is 15.5 Å². The first-order valence-electron chi connectivity index (χ1n) is 5.62. The van der Waals surface area contributed by atoms with Crippen molar-refractivity contribution < 1.29 is 10.0 Å². The van der Waals surface area contributed by atoms with E-state index < -0.39 is 10.6 Å². The molecule has 0 amide bonds. The summed E-state index contributed by atoms with van der Waals surface area (Å²) in [4.78, 5) is 17.5. The van der Waals surface area contributed by atoms with Crippen molar-refractivity contribution in [3.63, 3.8) is 0 Å². The maximum absolute atomic E-state index is 10.9. The van der Waals surface area contributed by atoms with Crippen LogP contribution in [0.4, 0.5) is 17.3 Å². The first-order chi connectivity index (χ1) is 10.4. The predicted molar refractivity (Wildman–Crippen MR) is 87.8 cm³/mol. The lowest BCUT2D eigenvalue weighted by molar-refractivity contribution is -0.383. The highest BCUT2D eigenvalue weighted by atomic mass is 79.9. The topological polar surface area (TPSA) is 140 Å². The van der Waals surface area contributed by atoms with Gasteiger partial charge in [-0.1, -0.05) is 15.9 Å². The van der Waals surface area contributed by atoms with Crippen LogP contribution in [-0.4, -0.2) is 26.2 Å². The highest BCUT2D eigenvalue weighted by Gasteiger charge is 2.20. The molecule has 0 fully saturated rings. The molecule has 114 valence electrons. The number of anilines is 2. The zero-order chi connectivity index (χ0) is 16.3. The fourth-order valence-corrected chi connectivity index (χ4v) is 2.76. The second kappa shape index (κ2) is 6.66. The molecular formula is C11H8Br2N6O3. The Bertz CT molecular complexity index is 768. The molecule has 0 saturated heterocycles. The van der Waals surface area contributed by atoms with E-state index in [0.717, 1.165) is 10.8 Å². The third kappa shape index (κ3) is 3.49. The van der Waals surface area contributed by atoms with Crippen molar-refractivity contribution in [2.24, 2.45) is 5.10 Å². The van der Waals surface area contributed by atoms with Gasteiger partial charge in [-0.2, -0.15) is 5.10 Å². The second-order valence-electron chi connectivity index (χ2n) is 3.91. The Balaban J connectivity index is 2.28. The van der Waals surface area contributed by atoms with Gasteiger partial charge in [0.15, 0.2) is 0 Å². The van der Waals surface area contributed by atoms with Crippen LogP contribution in [0.15, 0.2) is 32.5 Å². The molecule has 9 nitrogen and oxygen atoms in total. The van der Waals surface area contributed by atoms with Crippen LogP contribution in [0.1, 0.15) is 5.56 Å². The fourth-order valence-electron chi connectivity index (χ4n) is 1.50. The Morgan fingerprint density at radius 2 is 2.14 bits per heavy atom. The number of nitro groups is 1. The zero-order valence-electron chi connectivity index (χ0n) is 10.7. The van der Waals surface area contributed by atoms with Crippen LogP contribution in [0.2, 0.25) is 0 Å². The van der Waals surface area contributed by atoms with Crippen molar-refractivity contribution in [1.29, 1.82) is 0 Å². The van der Waals surface area contributed by atoms with E-state index in [1.165, 1.54) is 6.21 Å². The lowest BCUT2D eigenvalue weighted by atomic mass is 10.2. The molecule has 1 heterocycles. The summed E-state index contributed by atoms with van der Waals surface area (Å²) in [5.74, 6) is -0.446. The molecule has 1 aromatic heterocycles. The molecule has 0 aliphatic heterocycles.